The second kappa shape index (κ2) is 2.79. The van der Waals surface area contributed by atoms with Crippen molar-refractivity contribution in [2.24, 2.45) is 0 Å². The van der Waals surface area contributed by atoms with Crippen LogP contribution in [0.15, 0.2) is 10.5 Å². The zero-order valence-electron chi connectivity index (χ0n) is 5.17. The zero-order chi connectivity index (χ0) is 8.59. The molecule has 0 aromatic heterocycles. The molecule has 1 rings (SSSR count). The molecule has 0 atom stereocenters. The van der Waals surface area contributed by atoms with Crippen LogP contribution in [0.1, 0.15) is 0 Å². The second-order valence-corrected chi connectivity index (χ2v) is 3.06. The van der Waals surface area contributed by atoms with Gasteiger partial charge in [-0.05, 0) is 15.9 Å². The highest BCUT2D eigenvalue weighted by atomic mass is 79.9. The maximum absolute atomic E-state index is 9.07. The van der Waals surface area contributed by atoms with Crippen molar-refractivity contribution in [1.82, 2.24) is 0 Å². The fourth-order valence-electron chi connectivity index (χ4n) is 0.595. The Morgan fingerprint density at radius 2 is 1.73 bits per heavy atom. The van der Waals surface area contributed by atoms with Crippen molar-refractivity contribution in [3.8, 4) is 17.2 Å². The van der Waals surface area contributed by atoms with E-state index in [-0.39, 0.29) is 26.7 Å². The highest BCUT2D eigenvalue weighted by molar-refractivity contribution is 9.10. The first-order valence-corrected chi connectivity index (χ1v) is 3.80. The molecule has 0 saturated heterocycles. The monoisotopic (exact) mass is 238 g/mol. The molecular weight excluding hydrogens is 235 g/mol. The average molecular weight is 239 g/mol. The van der Waals surface area contributed by atoms with Crippen molar-refractivity contribution in [2.75, 3.05) is 0 Å². The Balaban J connectivity index is 3.46. The molecule has 3 N–H and O–H groups in total. The number of hydrogen-bond donors (Lipinski definition) is 3. The largest absolute Gasteiger partial charge is 0.506 e. The predicted octanol–water partition coefficient (Wildman–Crippen LogP) is 2.22. The maximum atomic E-state index is 9.07. The van der Waals surface area contributed by atoms with Crippen LogP contribution in [-0.2, 0) is 0 Å². The molecule has 0 aliphatic heterocycles. The number of rotatable bonds is 0. The molecule has 0 aliphatic rings. The summed E-state index contributed by atoms with van der Waals surface area (Å²) in [4.78, 5) is 0. The van der Waals surface area contributed by atoms with E-state index in [4.69, 9.17) is 26.9 Å². The minimum atomic E-state index is -0.371. The van der Waals surface area contributed by atoms with Crippen LogP contribution in [0.5, 0.6) is 17.2 Å². The van der Waals surface area contributed by atoms with Crippen molar-refractivity contribution in [2.45, 2.75) is 0 Å². The summed E-state index contributed by atoms with van der Waals surface area (Å²) < 4.78 is 0.0697. The van der Waals surface area contributed by atoms with Crippen molar-refractivity contribution in [3.63, 3.8) is 0 Å². The first-order valence-electron chi connectivity index (χ1n) is 2.63. The van der Waals surface area contributed by atoms with Gasteiger partial charge in [-0.2, -0.15) is 0 Å². The van der Waals surface area contributed by atoms with Crippen LogP contribution in [0.2, 0.25) is 5.02 Å². The Bertz CT molecular complexity index is 274. The lowest BCUT2D eigenvalue weighted by molar-refractivity contribution is 0.424. The molecule has 60 valence electrons. The summed E-state index contributed by atoms with van der Waals surface area (Å²) in [5.41, 5.74) is 0. The number of hydrogen-bond acceptors (Lipinski definition) is 3. The van der Waals surface area contributed by atoms with Gasteiger partial charge in [0.05, 0.1) is 0 Å². The number of phenols is 3. The van der Waals surface area contributed by atoms with Gasteiger partial charge in [0.2, 0.25) is 0 Å². The van der Waals surface area contributed by atoms with Gasteiger partial charge in [0.25, 0.3) is 0 Å². The highest BCUT2D eigenvalue weighted by Crippen LogP contribution is 2.43. The molecule has 0 fully saturated rings. The van der Waals surface area contributed by atoms with E-state index in [1.807, 2.05) is 0 Å². The van der Waals surface area contributed by atoms with Crippen molar-refractivity contribution >= 4 is 27.5 Å². The summed E-state index contributed by atoms with van der Waals surface area (Å²) in [6, 6.07) is 1.03. The van der Waals surface area contributed by atoms with Crippen LogP contribution in [0.4, 0.5) is 0 Å². The molecule has 0 saturated carbocycles. The summed E-state index contributed by atoms with van der Waals surface area (Å²) in [5, 5.41) is 26.8. The van der Waals surface area contributed by atoms with Gasteiger partial charge in [0.15, 0.2) is 5.75 Å². The quantitative estimate of drug-likeness (QED) is 0.650. The molecule has 0 unspecified atom stereocenters. The number of aromatic hydroxyl groups is 3. The van der Waals surface area contributed by atoms with E-state index in [0.29, 0.717) is 0 Å². The van der Waals surface area contributed by atoms with Crippen molar-refractivity contribution < 1.29 is 15.3 Å². The van der Waals surface area contributed by atoms with E-state index in [2.05, 4.69) is 15.9 Å². The van der Waals surface area contributed by atoms with Crippen LogP contribution in [0, 0.1) is 0 Å². The first-order chi connectivity index (χ1) is 5.04. The lowest BCUT2D eigenvalue weighted by Crippen LogP contribution is -1.74. The Kier molecular flexibility index (Phi) is 2.15. The summed E-state index contributed by atoms with van der Waals surface area (Å²) in [6.45, 7) is 0. The third kappa shape index (κ3) is 1.36. The summed E-state index contributed by atoms with van der Waals surface area (Å²) in [6.07, 6.45) is 0. The van der Waals surface area contributed by atoms with E-state index in [0.717, 1.165) is 6.07 Å². The Morgan fingerprint density at radius 1 is 1.18 bits per heavy atom. The summed E-state index contributed by atoms with van der Waals surface area (Å²) in [7, 11) is 0. The Labute approximate surface area is 76.0 Å². The topological polar surface area (TPSA) is 60.7 Å². The Hall–Kier alpha value is -0.610. The average Bonchev–Trinajstić information content (AvgIpc) is 1.97. The molecule has 1 aromatic carbocycles. The van der Waals surface area contributed by atoms with Crippen LogP contribution in [0.3, 0.4) is 0 Å². The predicted molar refractivity (Wildman–Crippen MR) is 44.1 cm³/mol. The minimum Gasteiger partial charge on any atom is -0.506 e. The molecular formula is C6H4BrClO3. The normalized spacial score (nSPS) is 10.0. The van der Waals surface area contributed by atoms with Gasteiger partial charge in [0, 0.05) is 6.07 Å². The number of benzene rings is 1. The van der Waals surface area contributed by atoms with E-state index >= 15 is 0 Å². The third-order valence-corrected chi connectivity index (χ3v) is 2.29. The first kappa shape index (κ1) is 8.49. The molecule has 0 heterocycles. The lowest BCUT2D eigenvalue weighted by Gasteiger charge is -2.03. The molecule has 11 heavy (non-hydrogen) atoms. The highest BCUT2D eigenvalue weighted by Gasteiger charge is 2.12. The fraction of sp³-hybridized carbons (Fsp3) is 0. The van der Waals surface area contributed by atoms with Gasteiger partial charge >= 0.3 is 0 Å². The molecule has 5 heteroatoms. The standard InChI is InChI=1S/C6H4BrClO3/c7-4-2(9)1-3(10)5(8)6(4)11/h1,9-11H. The van der Waals surface area contributed by atoms with Gasteiger partial charge in [-0.15, -0.1) is 0 Å². The molecule has 0 amide bonds. The SMILES string of the molecule is Oc1cc(O)c(Br)c(O)c1Cl. The van der Waals surface area contributed by atoms with Crippen LogP contribution < -0.4 is 0 Å². The van der Waals surface area contributed by atoms with E-state index in [1.165, 1.54) is 0 Å². The van der Waals surface area contributed by atoms with Crippen LogP contribution >= 0.6 is 27.5 Å². The van der Waals surface area contributed by atoms with Gasteiger partial charge in [-0.3, -0.25) is 0 Å². The second-order valence-electron chi connectivity index (χ2n) is 1.89. The number of halogens is 2. The molecule has 0 radical (unpaired) electrons. The van der Waals surface area contributed by atoms with Gasteiger partial charge in [-0.25, -0.2) is 0 Å². The molecule has 3 nitrogen and oxygen atoms in total. The van der Waals surface area contributed by atoms with Gasteiger partial charge in [-0.1, -0.05) is 11.6 Å². The van der Waals surface area contributed by atoms with E-state index in [1.54, 1.807) is 0 Å². The van der Waals surface area contributed by atoms with Crippen molar-refractivity contribution in [1.29, 1.82) is 0 Å². The molecule has 0 bridgehead atoms. The third-order valence-electron chi connectivity index (χ3n) is 1.14. The van der Waals surface area contributed by atoms with Crippen LogP contribution in [0.25, 0.3) is 0 Å². The maximum Gasteiger partial charge on any atom is 0.155 e. The molecule has 0 aliphatic carbocycles. The van der Waals surface area contributed by atoms with E-state index < -0.39 is 0 Å². The Morgan fingerprint density at radius 3 is 2.27 bits per heavy atom. The summed E-state index contributed by atoms with van der Waals surface area (Å²) >= 11 is 8.28. The molecule has 0 spiro atoms. The smallest absolute Gasteiger partial charge is 0.155 e. The molecule has 1 aromatic rings. The minimum absolute atomic E-state index is 0.0697. The number of phenolic OH excluding ortho intramolecular Hbond substituents is 3. The summed E-state index contributed by atoms with van der Waals surface area (Å²) in [5.74, 6) is -0.988. The lowest BCUT2D eigenvalue weighted by atomic mass is 10.3. The van der Waals surface area contributed by atoms with Gasteiger partial charge in [0.1, 0.15) is 21.0 Å². The van der Waals surface area contributed by atoms with Crippen LogP contribution in [-0.4, -0.2) is 15.3 Å². The van der Waals surface area contributed by atoms with E-state index in [9.17, 15) is 0 Å². The zero-order valence-corrected chi connectivity index (χ0v) is 7.52. The van der Waals surface area contributed by atoms with Crippen molar-refractivity contribution in [3.05, 3.63) is 15.6 Å². The van der Waals surface area contributed by atoms with Gasteiger partial charge < -0.3 is 15.3 Å². The fourth-order valence-corrected chi connectivity index (χ4v) is 1.17.